The number of benzene rings is 1. The summed E-state index contributed by atoms with van der Waals surface area (Å²) >= 11 is 0. The maximum Gasteiger partial charge on any atom is 0.321 e. The Kier molecular flexibility index (Phi) is 13.3. The van der Waals surface area contributed by atoms with Gasteiger partial charge in [0.05, 0.1) is 12.5 Å². The standard InChI is InChI=1S/C29H43NO8/c1-4-6-13-24(31)37-22-16-15-21(17-23(22)38-25(32)14-7-5-2)26(27(30)28(33)34)19(3)18-36-29(35)20-11-9-8-10-12-20/h15-17,19-20,26-27H,4-14,18,30H2,1-3H3,(H,33,34)/t19?,26?,27-/m0/s1. The van der Waals surface area contributed by atoms with Crippen molar-refractivity contribution in [3.8, 4) is 11.5 Å². The normalized spacial score (nSPS) is 16.2. The fraction of sp³-hybridized carbons (Fsp3) is 0.655. The molecule has 0 saturated heterocycles. The van der Waals surface area contributed by atoms with E-state index in [1.165, 1.54) is 12.1 Å². The summed E-state index contributed by atoms with van der Waals surface area (Å²) in [5, 5.41) is 9.72. The van der Waals surface area contributed by atoms with Gasteiger partial charge in [0, 0.05) is 18.8 Å². The van der Waals surface area contributed by atoms with Gasteiger partial charge in [-0.25, -0.2) is 0 Å². The molecule has 2 unspecified atom stereocenters. The van der Waals surface area contributed by atoms with Crippen molar-refractivity contribution in [1.29, 1.82) is 0 Å². The van der Waals surface area contributed by atoms with Crippen molar-refractivity contribution < 1.29 is 38.5 Å². The summed E-state index contributed by atoms with van der Waals surface area (Å²) in [7, 11) is 0. The Labute approximate surface area is 225 Å². The largest absolute Gasteiger partial charge is 0.480 e. The number of aliphatic carboxylic acids is 1. The van der Waals surface area contributed by atoms with Crippen molar-refractivity contribution in [2.75, 3.05) is 6.61 Å². The molecule has 0 amide bonds. The van der Waals surface area contributed by atoms with Gasteiger partial charge in [0.25, 0.3) is 0 Å². The van der Waals surface area contributed by atoms with Crippen LogP contribution in [0.25, 0.3) is 0 Å². The summed E-state index contributed by atoms with van der Waals surface area (Å²) in [5.41, 5.74) is 6.58. The number of carboxylic acid groups (broad SMARTS) is 1. The van der Waals surface area contributed by atoms with Gasteiger partial charge >= 0.3 is 23.9 Å². The van der Waals surface area contributed by atoms with E-state index < -0.39 is 35.8 Å². The number of ether oxygens (including phenoxy) is 3. The number of rotatable bonds is 15. The van der Waals surface area contributed by atoms with Crippen LogP contribution in [0.5, 0.6) is 11.5 Å². The molecule has 1 aromatic rings. The van der Waals surface area contributed by atoms with Gasteiger partial charge in [-0.3, -0.25) is 19.2 Å². The van der Waals surface area contributed by atoms with E-state index >= 15 is 0 Å². The van der Waals surface area contributed by atoms with Crippen molar-refractivity contribution in [3.63, 3.8) is 0 Å². The highest BCUT2D eigenvalue weighted by molar-refractivity contribution is 5.77. The maximum absolute atomic E-state index is 12.6. The third-order valence-corrected chi connectivity index (χ3v) is 6.98. The van der Waals surface area contributed by atoms with Gasteiger partial charge in [0.1, 0.15) is 6.04 Å². The third kappa shape index (κ3) is 9.74. The SMILES string of the molecule is CCCCC(=O)Oc1ccc(C(C(C)COC(=O)C2CCCCC2)[C@H](N)C(=O)O)cc1OC(=O)CCCC. The van der Waals surface area contributed by atoms with Crippen LogP contribution >= 0.6 is 0 Å². The molecule has 0 aliphatic heterocycles. The van der Waals surface area contributed by atoms with Crippen LogP contribution in [0.4, 0.5) is 0 Å². The number of carbonyl (C=O) groups is 4. The highest BCUT2D eigenvalue weighted by atomic mass is 16.6. The number of unbranched alkanes of at least 4 members (excludes halogenated alkanes) is 2. The minimum absolute atomic E-state index is 0.000353. The molecule has 3 atom stereocenters. The lowest BCUT2D eigenvalue weighted by Gasteiger charge is -2.29. The minimum atomic E-state index is -1.31. The molecule has 0 spiro atoms. The predicted octanol–water partition coefficient (Wildman–Crippen LogP) is 5.13. The van der Waals surface area contributed by atoms with Crippen LogP contribution in [0.1, 0.15) is 103 Å². The average molecular weight is 534 g/mol. The molecule has 1 aliphatic rings. The van der Waals surface area contributed by atoms with Crippen LogP contribution in [0.15, 0.2) is 18.2 Å². The Morgan fingerprint density at radius 1 is 0.947 bits per heavy atom. The summed E-state index contributed by atoms with van der Waals surface area (Å²) in [6, 6.07) is 3.29. The Hall–Kier alpha value is -2.94. The van der Waals surface area contributed by atoms with E-state index in [-0.39, 0.29) is 42.8 Å². The number of esters is 3. The van der Waals surface area contributed by atoms with E-state index in [0.717, 1.165) is 44.9 Å². The van der Waals surface area contributed by atoms with Crippen LogP contribution in [0, 0.1) is 11.8 Å². The van der Waals surface area contributed by atoms with Gasteiger partial charge < -0.3 is 25.1 Å². The second-order valence-corrected chi connectivity index (χ2v) is 10.2. The molecule has 1 saturated carbocycles. The molecule has 1 aromatic carbocycles. The minimum Gasteiger partial charge on any atom is -0.480 e. The number of nitrogens with two attached hydrogens (primary N) is 1. The quantitative estimate of drug-likeness (QED) is 0.232. The van der Waals surface area contributed by atoms with Crippen LogP contribution in [-0.2, 0) is 23.9 Å². The highest BCUT2D eigenvalue weighted by Gasteiger charge is 2.33. The van der Waals surface area contributed by atoms with Gasteiger partial charge in [-0.1, -0.05) is 58.9 Å². The first kappa shape index (κ1) is 31.3. The molecule has 1 aliphatic carbocycles. The lowest BCUT2D eigenvalue weighted by molar-refractivity contribution is -0.151. The van der Waals surface area contributed by atoms with E-state index in [2.05, 4.69) is 0 Å². The van der Waals surface area contributed by atoms with Gasteiger partial charge in [-0.15, -0.1) is 0 Å². The molecule has 1 fully saturated rings. The zero-order valence-electron chi connectivity index (χ0n) is 22.9. The lowest BCUT2D eigenvalue weighted by atomic mass is 9.82. The van der Waals surface area contributed by atoms with Crippen LogP contribution in [0.3, 0.4) is 0 Å². The zero-order valence-corrected chi connectivity index (χ0v) is 22.9. The van der Waals surface area contributed by atoms with Crippen molar-refractivity contribution in [1.82, 2.24) is 0 Å². The summed E-state index contributed by atoms with van der Waals surface area (Å²) in [5.74, 6) is -3.63. The molecule has 3 N–H and O–H groups in total. The van der Waals surface area contributed by atoms with Crippen LogP contribution in [0.2, 0.25) is 0 Å². The van der Waals surface area contributed by atoms with Crippen molar-refractivity contribution in [2.24, 2.45) is 17.6 Å². The average Bonchev–Trinajstić information content (AvgIpc) is 2.91. The van der Waals surface area contributed by atoms with Crippen molar-refractivity contribution in [3.05, 3.63) is 23.8 Å². The first-order valence-electron chi connectivity index (χ1n) is 13.9. The molecule has 0 heterocycles. The summed E-state index contributed by atoms with van der Waals surface area (Å²) in [4.78, 5) is 49.2. The fourth-order valence-electron chi connectivity index (χ4n) is 4.70. The molecule has 9 nitrogen and oxygen atoms in total. The van der Waals surface area contributed by atoms with E-state index in [1.807, 2.05) is 13.8 Å². The van der Waals surface area contributed by atoms with Gasteiger partial charge in [-0.2, -0.15) is 0 Å². The number of hydrogen-bond acceptors (Lipinski definition) is 8. The molecule has 38 heavy (non-hydrogen) atoms. The van der Waals surface area contributed by atoms with E-state index in [4.69, 9.17) is 19.9 Å². The molecule has 0 bridgehead atoms. The fourth-order valence-corrected chi connectivity index (χ4v) is 4.70. The Bertz CT molecular complexity index is 941. The van der Waals surface area contributed by atoms with Gasteiger partial charge in [0.2, 0.25) is 0 Å². The lowest BCUT2D eigenvalue weighted by Crippen LogP contribution is -2.41. The zero-order chi connectivity index (χ0) is 28.1. The highest BCUT2D eigenvalue weighted by Crippen LogP contribution is 2.36. The molecule has 0 aromatic heterocycles. The Morgan fingerprint density at radius 3 is 2.08 bits per heavy atom. The number of carboxylic acids is 1. The van der Waals surface area contributed by atoms with Crippen molar-refractivity contribution in [2.45, 2.75) is 103 Å². The monoisotopic (exact) mass is 533 g/mol. The van der Waals surface area contributed by atoms with E-state index in [1.54, 1.807) is 13.0 Å². The second kappa shape index (κ2) is 16.1. The van der Waals surface area contributed by atoms with Crippen LogP contribution < -0.4 is 15.2 Å². The summed E-state index contributed by atoms with van der Waals surface area (Å²) in [6.45, 7) is 5.69. The molecule has 2 rings (SSSR count). The van der Waals surface area contributed by atoms with E-state index in [0.29, 0.717) is 18.4 Å². The summed E-state index contributed by atoms with van der Waals surface area (Å²) < 4.78 is 16.6. The van der Waals surface area contributed by atoms with Gasteiger partial charge in [-0.05, 0) is 49.3 Å². The molecule has 9 heteroatoms. The molecule has 0 radical (unpaired) electrons. The Balaban J connectivity index is 2.30. The smallest absolute Gasteiger partial charge is 0.321 e. The van der Waals surface area contributed by atoms with Gasteiger partial charge in [0.15, 0.2) is 11.5 Å². The topological polar surface area (TPSA) is 142 Å². The Morgan fingerprint density at radius 2 is 1.53 bits per heavy atom. The first-order chi connectivity index (χ1) is 18.2. The molecule has 212 valence electrons. The van der Waals surface area contributed by atoms with E-state index in [9.17, 15) is 24.3 Å². The third-order valence-electron chi connectivity index (χ3n) is 6.98. The number of hydrogen-bond donors (Lipinski definition) is 2. The summed E-state index contributed by atoms with van der Waals surface area (Å²) in [6.07, 6.45) is 8.06. The first-order valence-corrected chi connectivity index (χ1v) is 13.9. The van der Waals surface area contributed by atoms with Crippen molar-refractivity contribution >= 4 is 23.9 Å². The molecular formula is C29H43NO8. The number of carbonyl (C=O) groups excluding carboxylic acids is 3. The van der Waals surface area contributed by atoms with Crippen LogP contribution in [-0.4, -0.2) is 41.6 Å². The second-order valence-electron chi connectivity index (χ2n) is 10.2. The molecular weight excluding hydrogens is 490 g/mol. The maximum atomic E-state index is 12.6. The predicted molar refractivity (Wildman–Crippen MR) is 142 cm³/mol.